The number of para-hydroxylation sites is 3. The van der Waals surface area contributed by atoms with Crippen LogP contribution >= 0.6 is 0 Å². The molecular formula is C25H25N3O5. The number of carbonyl (C=O) groups excluding carboxylic acids is 1. The Bertz CT molecular complexity index is 1230. The van der Waals surface area contributed by atoms with E-state index in [0.29, 0.717) is 28.8 Å². The molecule has 0 bridgehead atoms. The molecule has 1 aromatic heterocycles. The van der Waals surface area contributed by atoms with Gasteiger partial charge in [0.1, 0.15) is 24.7 Å². The molecule has 0 atom stereocenters. The number of anilines is 1. The fourth-order valence-electron chi connectivity index (χ4n) is 3.57. The molecule has 0 aliphatic heterocycles. The molecule has 8 heteroatoms. The number of rotatable bonds is 9. The minimum atomic E-state index is -0.228. The monoisotopic (exact) mass is 447 g/mol. The topological polar surface area (TPSA) is 83.8 Å². The molecule has 170 valence electrons. The first-order chi connectivity index (χ1) is 16.1. The van der Waals surface area contributed by atoms with Crippen molar-refractivity contribution in [3.63, 3.8) is 0 Å². The van der Waals surface area contributed by atoms with E-state index in [1.54, 1.807) is 12.1 Å². The molecule has 0 aliphatic carbocycles. The molecule has 1 heterocycles. The summed E-state index contributed by atoms with van der Waals surface area (Å²) in [5, 5.41) is 2.90. The van der Waals surface area contributed by atoms with Crippen molar-refractivity contribution in [1.82, 2.24) is 9.55 Å². The van der Waals surface area contributed by atoms with Crippen molar-refractivity contribution in [2.45, 2.75) is 13.2 Å². The first-order valence-corrected chi connectivity index (χ1v) is 10.3. The summed E-state index contributed by atoms with van der Waals surface area (Å²) in [5.41, 5.74) is 2.18. The fourth-order valence-corrected chi connectivity index (χ4v) is 3.57. The molecule has 4 rings (SSSR count). The molecule has 0 unspecified atom stereocenters. The zero-order chi connectivity index (χ0) is 23.2. The number of amides is 1. The molecule has 8 nitrogen and oxygen atoms in total. The fraction of sp³-hybridized carbons (Fsp3) is 0.200. The van der Waals surface area contributed by atoms with Crippen molar-refractivity contribution in [3.05, 3.63) is 72.6 Å². The van der Waals surface area contributed by atoms with Crippen molar-refractivity contribution in [2.24, 2.45) is 0 Å². The van der Waals surface area contributed by atoms with Crippen LogP contribution < -0.4 is 24.3 Å². The molecule has 4 aromatic rings. The lowest BCUT2D eigenvalue weighted by Crippen LogP contribution is -2.21. The second kappa shape index (κ2) is 9.95. The largest absolute Gasteiger partial charge is 0.493 e. The summed E-state index contributed by atoms with van der Waals surface area (Å²) in [6, 6.07) is 20.5. The van der Waals surface area contributed by atoms with Crippen LogP contribution in [-0.4, -0.2) is 36.8 Å². The smallest absolute Gasteiger partial charge is 0.244 e. The van der Waals surface area contributed by atoms with E-state index in [2.05, 4.69) is 10.3 Å². The summed E-state index contributed by atoms with van der Waals surface area (Å²) in [6.07, 6.45) is 0. The zero-order valence-electron chi connectivity index (χ0n) is 18.7. The summed E-state index contributed by atoms with van der Waals surface area (Å²) in [7, 11) is 4.58. The van der Waals surface area contributed by atoms with Gasteiger partial charge in [0.2, 0.25) is 11.7 Å². The molecule has 0 saturated carbocycles. The molecule has 1 amide bonds. The maximum Gasteiger partial charge on any atom is 0.244 e. The SMILES string of the molecule is COc1cc(NC(=O)Cn2c(COc3ccccc3)nc3ccccc32)cc(OC)c1OC. The second-order valence-electron chi connectivity index (χ2n) is 7.17. The minimum Gasteiger partial charge on any atom is -0.493 e. The van der Waals surface area contributed by atoms with Crippen LogP contribution in [-0.2, 0) is 17.9 Å². The quantitative estimate of drug-likeness (QED) is 0.412. The number of carbonyl (C=O) groups is 1. The predicted octanol–water partition coefficient (Wildman–Crippen LogP) is 4.28. The lowest BCUT2D eigenvalue weighted by atomic mass is 10.2. The number of methoxy groups -OCH3 is 3. The van der Waals surface area contributed by atoms with E-state index in [0.717, 1.165) is 16.8 Å². The number of hydrogen-bond donors (Lipinski definition) is 1. The Balaban J connectivity index is 1.57. The molecule has 0 fully saturated rings. The van der Waals surface area contributed by atoms with Crippen molar-refractivity contribution in [1.29, 1.82) is 0 Å². The lowest BCUT2D eigenvalue weighted by Gasteiger charge is -2.15. The highest BCUT2D eigenvalue weighted by molar-refractivity contribution is 5.92. The number of nitrogens with zero attached hydrogens (tertiary/aromatic N) is 2. The Kier molecular flexibility index (Phi) is 6.64. The molecule has 3 aromatic carbocycles. The molecule has 0 spiro atoms. The maximum absolute atomic E-state index is 13.0. The van der Waals surface area contributed by atoms with E-state index in [4.69, 9.17) is 18.9 Å². The van der Waals surface area contributed by atoms with Crippen molar-refractivity contribution >= 4 is 22.6 Å². The highest BCUT2D eigenvalue weighted by Gasteiger charge is 2.17. The molecular weight excluding hydrogens is 422 g/mol. The minimum absolute atomic E-state index is 0.0602. The predicted molar refractivity (Wildman–Crippen MR) is 125 cm³/mol. The van der Waals surface area contributed by atoms with Gasteiger partial charge >= 0.3 is 0 Å². The Morgan fingerprint density at radius 1 is 0.909 bits per heavy atom. The van der Waals surface area contributed by atoms with E-state index in [1.165, 1.54) is 21.3 Å². The normalized spacial score (nSPS) is 10.6. The van der Waals surface area contributed by atoms with E-state index < -0.39 is 0 Å². The third kappa shape index (κ3) is 4.85. The Labute approximate surface area is 191 Å². The van der Waals surface area contributed by atoms with Crippen molar-refractivity contribution in [3.8, 4) is 23.0 Å². The van der Waals surface area contributed by atoms with Gasteiger partial charge in [-0.25, -0.2) is 4.98 Å². The van der Waals surface area contributed by atoms with Crippen molar-refractivity contribution < 1.29 is 23.7 Å². The van der Waals surface area contributed by atoms with Gasteiger partial charge in [0, 0.05) is 17.8 Å². The van der Waals surface area contributed by atoms with E-state index in [9.17, 15) is 4.79 Å². The van der Waals surface area contributed by atoms with Crippen LogP contribution in [0.4, 0.5) is 5.69 Å². The van der Waals surface area contributed by atoms with Crippen LogP contribution in [0.1, 0.15) is 5.82 Å². The lowest BCUT2D eigenvalue weighted by molar-refractivity contribution is -0.116. The Hall–Kier alpha value is -4.20. The maximum atomic E-state index is 13.0. The number of imidazole rings is 1. The molecule has 0 radical (unpaired) electrons. The highest BCUT2D eigenvalue weighted by atomic mass is 16.5. The number of nitrogens with one attached hydrogen (secondary N) is 1. The van der Waals surface area contributed by atoms with Crippen LogP contribution in [0.3, 0.4) is 0 Å². The molecule has 0 aliphatic rings. The van der Waals surface area contributed by atoms with Gasteiger partial charge in [0.05, 0.1) is 32.4 Å². The second-order valence-corrected chi connectivity index (χ2v) is 7.17. The summed E-state index contributed by atoms with van der Waals surface area (Å²) in [4.78, 5) is 17.7. The molecule has 33 heavy (non-hydrogen) atoms. The number of fused-ring (bicyclic) bond motifs is 1. The standard InChI is InChI=1S/C25H25N3O5/c1-30-21-13-17(14-22(31-2)25(21)32-3)26-24(29)15-28-20-12-8-7-11-19(20)27-23(28)16-33-18-9-5-4-6-10-18/h4-14H,15-16H2,1-3H3,(H,26,29). The average molecular weight is 447 g/mol. The third-order valence-corrected chi connectivity index (χ3v) is 5.09. The van der Waals surface area contributed by atoms with Gasteiger partial charge in [-0.3, -0.25) is 4.79 Å². The van der Waals surface area contributed by atoms with E-state index in [1.807, 2.05) is 59.2 Å². The van der Waals surface area contributed by atoms with Gasteiger partial charge in [-0.15, -0.1) is 0 Å². The number of aromatic nitrogens is 2. The van der Waals surface area contributed by atoms with Crippen LogP contribution in [0.5, 0.6) is 23.0 Å². The van der Waals surface area contributed by atoms with Gasteiger partial charge in [-0.2, -0.15) is 0 Å². The Morgan fingerprint density at radius 2 is 1.58 bits per heavy atom. The van der Waals surface area contributed by atoms with Crippen molar-refractivity contribution in [2.75, 3.05) is 26.6 Å². The Morgan fingerprint density at radius 3 is 2.24 bits per heavy atom. The number of hydrogen-bond acceptors (Lipinski definition) is 6. The summed E-state index contributed by atoms with van der Waals surface area (Å²) in [5.74, 6) is 2.53. The van der Waals surface area contributed by atoms with E-state index in [-0.39, 0.29) is 19.1 Å². The summed E-state index contributed by atoms with van der Waals surface area (Å²) < 4.78 is 23.8. The van der Waals surface area contributed by atoms with E-state index >= 15 is 0 Å². The van der Waals surface area contributed by atoms with Gasteiger partial charge in [0.15, 0.2) is 11.5 Å². The average Bonchev–Trinajstić information content (AvgIpc) is 3.19. The van der Waals surface area contributed by atoms with Crippen LogP contribution in [0.15, 0.2) is 66.7 Å². The van der Waals surface area contributed by atoms with Gasteiger partial charge in [-0.1, -0.05) is 30.3 Å². The number of benzene rings is 3. The summed E-state index contributed by atoms with van der Waals surface area (Å²) >= 11 is 0. The van der Waals surface area contributed by atoms with Gasteiger partial charge < -0.3 is 28.8 Å². The first-order valence-electron chi connectivity index (χ1n) is 10.3. The van der Waals surface area contributed by atoms with Gasteiger partial charge in [-0.05, 0) is 24.3 Å². The molecule has 0 saturated heterocycles. The highest BCUT2D eigenvalue weighted by Crippen LogP contribution is 2.39. The van der Waals surface area contributed by atoms with Crippen LogP contribution in [0, 0.1) is 0 Å². The zero-order valence-corrected chi connectivity index (χ0v) is 18.7. The third-order valence-electron chi connectivity index (χ3n) is 5.09. The van der Waals surface area contributed by atoms with Crippen LogP contribution in [0.25, 0.3) is 11.0 Å². The van der Waals surface area contributed by atoms with Gasteiger partial charge in [0.25, 0.3) is 0 Å². The first kappa shape index (κ1) is 22.0. The molecule has 1 N–H and O–H groups in total. The number of ether oxygens (including phenoxy) is 4. The summed E-state index contributed by atoms with van der Waals surface area (Å²) in [6.45, 7) is 0.292. The van der Waals surface area contributed by atoms with Crippen LogP contribution in [0.2, 0.25) is 0 Å².